The smallest absolute Gasteiger partial charge is 0.230 e. The van der Waals surface area contributed by atoms with Gasteiger partial charge in [-0.2, -0.15) is 0 Å². The Morgan fingerprint density at radius 2 is 2.10 bits per heavy atom. The van der Waals surface area contributed by atoms with E-state index < -0.39 is 17.4 Å². The summed E-state index contributed by atoms with van der Waals surface area (Å²) in [4.78, 5) is 31.6. The van der Waals surface area contributed by atoms with Crippen molar-refractivity contribution < 1.29 is 14.3 Å². The van der Waals surface area contributed by atoms with Crippen LogP contribution in [0.15, 0.2) is 42.6 Å². The number of benzene rings is 1. The molecule has 1 saturated carbocycles. The number of nitrogens with one attached hydrogen (secondary N) is 2. The van der Waals surface area contributed by atoms with E-state index in [0.29, 0.717) is 13.1 Å². The van der Waals surface area contributed by atoms with Gasteiger partial charge in [0.05, 0.1) is 24.5 Å². The molecule has 1 aromatic carbocycles. The average molecular weight is 405 g/mol. The third kappa shape index (κ3) is 2.66. The summed E-state index contributed by atoms with van der Waals surface area (Å²) in [5, 5.41) is 4.40. The Hall–Kier alpha value is -2.60. The summed E-state index contributed by atoms with van der Waals surface area (Å²) in [6.45, 7) is 1.18. The van der Waals surface area contributed by atoms with Crippen molar-refractivity contribution in [2.75, 3.05) is 13.1 Å². The number of rotatable bonds is 5. The van der Waals surface area contributed by atoms with Crippen molar-refractivity contribution in [3.05, 3.63) is 48.2 Å². The number of ether oxygens (including phenoxy) is 1. The standard InChI is InChI=1S/C24H27N3O3/c28-22(26-16-5-1-2-6-16)20-19-9-11-24(30-19)14-27(23(29)21(20)24)12-10-15-13-25-18-8-4-3-7-17(15)18/h3-4,7-9,11,13,16,19-21,25H,1-2,5-6,10,12,14H2,(H,26,28)/t19-,20-,21-,24-/m0/s1. The molecule has 1 spiro atoms. The highest BCUT2D eigenvalue weighted by Crippen LogP contribution is 2.52. The summed E-state index contributed by atoms with van der Waals surface area (Å²) in [6, 6.07) is 8.48. The third-order valence-corrected chi connectivity index (χ3v) is 7.51. The second-order valence-corrected chi connectivity index (χ2v) is 9.26. The molecule has 6 heteroatoms. The molecule has 4 atom stereocenters. The van der Waals surface area contributed by atoms with Gasteiger partial charge in [0.25, 0.3) is 0 Å². The van der Waals surface area contributed by atoms with Crippen molar-refractivity contribution in [3.8, 4) is 0 Å². The summed E-state index contributed by atoms with van der Waals surface area (Å²) < 4.78 is 6.25. The first-order valence-electron chi connectivity index (χ1n) is 11.2. The quantitative estimate of drug-likeness (QED) is 0.751. The van der Waals surface area contributed by atoms with E-state index in [9.17, 15) is 9.59 Å². The van der Waals surface area contributed by atoms with Crippen molar-refractivity contribution in [1.29, 1.82) is 0 Å². The second kappa shape index (κ2) is 6.71. The van der Waals surface area contributed by atoms with E-state index in [0.717, 1.165) is 24.8 Å². The first kappa shape index (κ1) is 18.2. The summed E-state index contributed by atoms with van der Waals surface area (Å²) >= 11 is 0. The van der Waals surface area contributed by atoms with E-state index in [1.807, 2.05) is 35.4 Å². The average Bonchev–Trinajstić information content (AvgIpc) is 3.55. The molecule has 3 aliphatic heterocycles. The molecule has 0 radical (unpaired) electrons. The molecule has 2 amide bonds. The molecule has 6 rings (SSSR count). The van der Waals surface area contributed by atoms with E-state index in [2.05, 4.69) is 22.4 Å². The Morgan fingerprint density at radius 3 is 2.97 bits per heavy atom. The number of carbonyl (C=O) groups is 2. The molecule has 0 unspecified atom stereocenters. The van der Waals surface area contributed by atoms with Crippen LogP contribution in [0.4, 0.5) is 0 Å². The summed E-state index contributed by atoms with van der Waals surface area (Å²) in [5.41, 5.74) is 1.70. The Bertz CT molecular complexity index is 1040. The largest absolute Gasteiger partial charge is 0.361 e. The number of fused-ring (bicyclic) bond motifs is 2. The molecule has 2 saturated heterocycles. The normalized spacial score (nSPS) is 32.5. The van der Waals surface area contributed by atoms with Gasteiger partial charge in [-0.25, -0.2) is 0 Å². The molecule has 6 nitrogen and oxygen atoms in total. The highest BCUT2D eigenvalue weighted by molar-refractivity contribution is 5.93. The zero-order valence-corrected chi connectivity index (χ0v) is 17.0. The fourth-order valence-electron chi connectivity index (χ4n) is 6.03. The fourth-order valence-corrected chi connectivity index (χ4v) is 6.03. The number of hydrogen-bond acceptors (Lipinski definition) is 3. The van der Waals surface area contributed by atoms with Crippen LogP contribution in [0.2, 0.25) is 0 Å². The minimum atomic E-state index is -0.625. The maximum absolute atomic E-state index is 13.4. The SMILES string of the molecule is O=C(NC1CCCC1)[C@H]1[C@@H]2C=C[C@@]3(CN(CCc4c[nH]c5ccccc45)C(=O)[C@H]13)O2. The van der Waals surface area contributed by atoms with Crippen LogP contribution in [-0.4, -0.2) is 52.5 Å². The number of H-pyrrole nitrogens is 1. The lowest BCUT2D eigenvalue weighted by Gasteiger charge is -2.25. The highest BCUT2D eigenvalue weighted by atomic mass is 16.5. The molecule has 3 fully saturated rings. The topological polar surface area (TPSA) is 74.4 Å². The van der Waals surface area contributed by atoms with E-state index in [1.54, 1.807) is 0 Å². The van der Waals surface area contributed by atoms with Crippen molar-refractivity contribution in [2.45, 2.75) is 49.9 Å². The molecule has 30 heavy (non-hydrogen) atoms. The number of hydrogen-bond donors (Lipinski definition) is 2. The number of likely N-dealkylation sites (tertiary alicyclic amines) is 1. The summed E-state index contributed by atoms with van der Waals surface area (Å²) in [6.07, 6.45) is 11.0. The predicted molar refractivity (Wildman–Crippen MR) is 113 cm³/mol. The monoisotopic (exact) mass is 405 g/mol. The lowest BCUT2D eigenvalue weighted by molar-refractivity contribution is -0.137. The van der Waals surface area contributed by atoms with E-state index in [-0.39, 0.29) is 24.0 Å². The number of aromatic nitrogens is 1. The minimum absolute atomic E-state index is 0.00467. The number of aromatic amines is 1. The summed E-state index contributed by atoms with van der Waals surface area (Å²) in [5.74, 6) is -0.735. The van der Waals surface area contributed by atoms with Crippen molar-refractivity contribution in [1.82, 2.24) is 15.2 Å². The molecule has 1 aromatic heterocycles. The van der Waals surface area contributed by atoms with E-state index in [4.69, 9.17) is 4.74 Å². The number of nitrogens with zero attached hydrogens (tertiary/aromatic N) is 1. The maximum atomic E-state index is 13.4. The van der Waals surface area contributed by atoms with Crippen molar-refractivity contribution >= 4 is 22.7 Å². The molecule has 2 N–H and O–H groups in total. The number of amides is 2. The van der Waals surface area contributed by atoms with Crippen LogP contribution < -0.4 is 5.32 Å². The first-order valence-corrected chi connectivity index (χ1v) is 11.2. The van der Waals surface area contributed by atoms with Gasteiger partial charge in [0.1, 0.15) is 5.60 Å². The first-order chi connectivity index (χ1) is 14.6. The fraction of sp³-hybridized carbons (Fsp3) is 0.500. The summed E-state index contributed by atoms with van der Waals surface area (Å²) in [7, 11) is 0. The van der Waals surface area contributed by atoms with Gasteiger partial charge in [0.15, 0.2) is 0 Å². The molecule has 4 heterocycles. The molecule has 2 bridgehead atoms. The Kier molecular flexibility index (Phi) is 4.07. The number of carbonyl (C=O) groups excluding carboxylic acids is 2. The van der Waals surface area contributed by atoms with Gasteiger partial charge in [-0.1, -0.05) is 43.2 Å². The molecule has 2 aromatic rings. The van der Waals surface area contributed by atoms with Gasteiger partial charge in [0.2, 0.25) is 11.8 Å². The zero-order chi connectivity index (χ0) is 20.3. The molecular weight excluding hydrogens is 378 g/mol. The van der Waals surface area contributed by atoms with Crippen LogP contribution in [0.5, 0.6) is 0 Å². The van der Waals surface area contributed by atoms with Gasteiger partial charge in [0, 0.05) is 29.7 Å². The van der Waals surface area contributed by atoms with Crippen molar-refractivity contribution in [3.63, 3.8) is 0 Å². The van der Waals surface area contributed by atoms with E-state index >= 15 is 0 Å². The van der Waals surface area contributed by atoms with Crippen LogP contribution in [0, 0.1) is 11.8 Å². The minimum Gasteiger partial charge on any atom is -0.361 e. The van der Waals surface area contributed by atoms with Gasteiger partial charge in [-0.3, -0.25) is 9.59 Å². The molecular formula is C24H27N3O3. The Balaban J connectivity index is 1.19. The predicted octanol–water partition coefficient (Wildman–Crippen LogP) is 2.55. The van der Waals surface area contributed by atoms with Gasteiger partial charge >= 0.3 is 0 Å². The van der Waals surface area contributed by atoms with Gasteiger partial charge in [-0.15, -0.1) is 0 Å². The van der Waals surface area contributed by atoms with E-state index in [1.165, 1.54) is 23.8 Å². The molecule has 4 aliphatic rings. The highest BCUT2D eigenvalue weighted by Gasteiger charge is 2.66. The van der Waals surface area contributed by atoms with Gasteiger partial charge < -0.3 is 19.9 Å². The third-order valence-electron chi connectivity index (χ3n) is 7.51. The van der Waals surface area contributed by atoms with Crippen LogP contribution >= 0.6 is 0 Å². The zero-order valence-electron chi connectivity index (χ0n) is 17.0. The van der Waals surface area contributed by atoms with Crippen molar-refractivity contribution in [2.24, 2.45) is 11.8 Å². The van der Waals surface area contributed by atoms with Crippen LogP contribution in [0.1, 0.15) is 31.2 Å². The van der Waals surface area contributed by atoms with Crippen LogP contribution in [0.3, 0.4) is 0 Å². The Morgan fingerprint density at radius 1 is 1.27 bits per heavy atom. The lowest BCUT2D eigenvalue weighted by atomic mass is 9.76. The second-order valence-electron chi connectivity index (χ2n) is 9.26. The van der Waals surface area contributed by atoms with Gasteiger partial charge in [-0.05, 0) is 30.9 Å². The maximum Gasteiger partial charge on any atom is 0.230 e. The molecule has 156 valence electrons. The molecule has 1 aliphatic carbocycles. The lowest BCUT2D eigenvalue weighted by Crippen LogP contribution is -2.46. The Labute approximate surface area is 175 Å². The van der Waals surface area contributed by atoms with Crippen LogP contribution in [0.25, 0.3) is 10.9 Å². The number of para-hydroxylation sites is 1. The van der Waals surface area contributed by atoms with Crippen LogP contribution in [-0.2, 0) is 20.7 Å².